The van der Waals surface area contributed by atoms with Gasteiger partial charge in [-0.05, 0) is 91.5 Å². The summed E-state index contributed by atoms with van der Waals surface area (Å²) >= 11 is 0. The molecule has 0 saturated heterocycles. The van der Waals surface area contributed by atoms with Crippen molar-refractivity contribution in [3.63, 3.8) is 0 Å². The van der Waals surface area contributed by atoms with E-state index in [4.69, 9.17) is 4.74 Å². The van der Waals surface area contributed by atoms with E-state index in [0.29, 0.717) is 35.5 Å². The van der Waals surface area contributed by atoms with Gasteiger partial charge in [0.1, 0.15) is 11.5 Å². The molecule has 0 aliphatic heterocycles. The molecule has 0 heterocycles. The number of nitrogens with zero attached hydrogens (tertiary/aromatic N) is 2. The first-order valence-corrected chi connectivity index (χ1v) is 13.0. The number of hydrogen-bond acceptors (Lipinski definition) is 3. The Labute approximate surface area is 212 Å². The first kappa shape index (κ1) is 28.4. The molecule has 0 saturated carbocycles. The van der Waals surface area contributed by atoms with Gasteiger partial charge in [-0.25, -0.2) is 0 Å². The third-order valence-corrected chi connectivity index (χ3v) is 6.33. The van der Waals surface area contributed by atoms with Crippen LogP contribution in [0.25, 0.3) is 0 Å². The molecular formula is C30H44N2O3. The Hall–Kier alpha value is -2.82. The van der Waals surface area contributed by atoms with Crippen molar-refractivity contribution in [2.24, 2.45) is 0 Å². The predicted octanol–water partition coefficient (Wildman–Crippen LogP) is 7.12. The summed E-state index contributed by atoms with van der Waals surface area (Å²) < 4.78 is 6.49. The number of carbonyl (C=O) groups is 2. The average Bonchev–Trinajstić information content (AvgIpc) is 2.77. The number of amides is 2. The predicted molar refractivity (Wildman–Crippen MR) is 145 cm³/mol. The molecule has 0 aromatic heterocycles. The van der Waals surface area contributed by atoms with Crippen LogP contribution in [0.2, 0.25) is 0 Å². The van der Waals surface area contributed by atoms with Crippen molar-refractivity contribution in [2.75, 3.05) is 0 Å². The molecule has 0 atom stereocenters. The second kappa shape index (κ2) is 12.2. The van der Waals surface area contributed by atoms with Crippen molar-refractivity contribution in [3.8, 4) is 11.5 Å². The number of hydrogen-bond donors (Lipinski definition) is 0. The van der Waals surface area contributed by atoms with Crippen LogP contribution >= 0.6 is 0 Å². The molecule has 0 unspecified atom stereocenters. The number of benzene rings is 2. The van der Waals surface area contributed by atoms with Crippen molar-refractivity contribution in [3.05, 3.63) is 58.7 Å². The molecule has 2 aromatic carbocycles. The van der Waals surface area contributed by atoms with Crippen LogP contribution in [0.1, 0.15) is 101 Å². The van der Waals surface area contributed by atoms with Crippen molar-refractivity contribution in [1.82, 2.24) is 9.80 Å². The first-order valence-electron chi connectivity index (χ1n) is 13.0. The highest BCUT2D eigenvalue weighted by atomic mass is 16.5. The van der Waals surface area contributed by atoms with Crippen molar-refractivity contribution in [1.29, 1.82) is 0 Å². The lowest BCUT2D eigenvalue weighted by molar-refractivity contribution is 0.0634. The highest BCUT2D eigenvalue weighted by molar-refractivity contribution is 6.00. The van der Waals surface area contributed by atoms with Crippen LogP contribution in [0.3, 0.4) is 0 Å². The number of ether oxygens (including phenoxy) is 1. The Balaban J connectivity index is 2.69. The zero-order valence-electron chi connectivity index (χ0n) is 23.3. The summed E-state index contributed by atoms with van der Waals surface area (Å²) in [7, 11) is 0. The summed E-state index contributed by atoms with van der Waals surface area (Å²) in [5.74, 6) is 0.883. The fourth-order valence-electron chi connectivity index (χ4n) is 4.91. The van der Waals surface area contributed by atoms with Gasteiger partial charge in [0.25, 0.3) is 11.8 Å². The Morgan fingerprint density at radius 1 is 0.629 bits per heavy atom. The van der Waals surface area contributed by atoms with E-state index < -0.39 is 0 Å². The van der Waals surface area contributed by atoms with Gasteiger partial charge in [-0.15, -0.1) is 0 Å². The van der Waals surface area contributed by atoms with Gasteiger partial charge >= 0.3 is 0 Å². The number of carbonyl (C=O) groups excluding carboxylic acids is 2. The summed E-state index contributed by atoms with van der Waals surface area (Å²) in [5, 5.41) is 0. The molecule has 192 valence electrons. The molecule has 0 aliphatic carbocycles. The van der Waals surface area contributed by atoms with Crippen molar-refractivity contribution >= 4 is 11.8 Å². The zero-order chi connectivity index (χ0) is 26.4. The Morgan fingerprint density at radius 3 is 1.20 bits per heavy atom. The summed E-state index contributed by atoms with van der Waals surface area (Å²) in [6.45, 7) is 20.3. The summed E-state index contributed by atoms with van der Waals surface area (Å²) in [6.07, 6.45) is 1.41. The largest absolute Gasteiger partial charge is 0.456 e. The first-order chi connectivity index (χ1) is 16.5. The molecular weight excluding hydrogens is 436 g/mol. The van der Waals surface area contributed by atoms with Gasteiger partial charge in [-0.2, -0.15) is 0 Å². The maximum Gasteiger partial charge on any atom is 0.258 e. The molecule has 2 rings (SSSR count). The van der Waals surface area contributed by atoms with Crippen LogP contribution in [-0.2, 0) is 12.8 Å². The maximum atomic E-state index is 13.8. The minimum atomic E-state index is -0.0482. The fraction of sp³-hybridized carbons (Fsp3) is 0.533. The highest BCUT2D eigenvalue weighted by Gasteiger charge is 2.29. The zero-order valence-corrected chi connectivity index (χ0v) is 23.3. The van der Waals surface area contributed by atoms with Gasteiger partial charge in [-0.3, -0.25) is 9.59 Å². The molecule has 0 bridgehead atoms. The molecule has 5 nitrogen and oxygen atoms in total. The summed E-state index contributed by atoms with van der Waals surface area (Å²) in [4.78, 5) is 31.4. The molecule has 2 aromatic rings. The van der Waals surface area contributed by atoms with Gasteiger partial charge in [0.05, 0.1) is 11.1 Å². The van der Waals surface area contributed by atoms with E-state index in [9.17, 15) is 9.59 Å². The summed E-state index contributed by atoms with van der Waals surface area (Å²) in [5.41, 5.74) is 3.01. The lowest BCUT2D eigenvalue weighted by Crippen LogP contribution is -2.42. The normalized spacial score (nSPS) is 11.5. The van der Waals surface area contributed by atoms with E-state index in [1.54, 1.807) is 0 Å². The van der Waals surface area contributed by atoms with Crippen LogP contribution in [0.15, 0.2) is 36.4 Å². The van der Waals surface area contributed by atoms with E-state index in [0.717, 1.165) is 11.1 Å². The smallest absolute Gasteiger partial charge is 0.258 e. The quantitative estimate of drug-likeness (QED) is 0.364. The third-order valence-electron chi connectivity index (χ3n) is 6.33. The molecule has 5 heteroatoms. The molecule has 0 aliphatic rings. The van der Waals surface area contributed by atoms with E-state index in [1.807, 2.05) is 115 Å². The molecule has 0 radical (unpaired) electrons. The highest BCUT2D eigenvalue weighted by Crippen LogP contribution is 2.34. The van der Waals surface area contributed by atoms with Crippen LogP contribution in [0.5, 0.6) is 11.5 Å². The van der Waals surface area contributed by atoms with E-state index in [2.05, 4.69) is 0 Å². The fourth-order valence-corrected chi connectivity index (χ4v) is 4.91. The van der Waals surface area contributed by atoms with Gasteiger partial charge in [0.2, 0.25) is 0 Å². The van der Waals surface area contributed by atoms with Crippen LogP contribution in [-0.4, -0.2) is 45.8 Å². The maximum absolute atomic E-state index is 13.8. The minimum Gasteiger partial charge on any atom is -0.456 e. The Bertz CT molecular complexity index is 927. The minimum absolute atomic E-state index is 0.0477. The average molecular weight is 481 g/mol. The summed E-state index contributed by atoms with van der Waals surface area (Å²) in [6, 6.07) is 11.6. The van der Waals surface area contributed by atoms with Gasteiger partial charge < -0.3 is 14.5 Å². The van der Waals surface area contributed by atoms with Gasteiger partial charge in [0, 0.05) is 24.2 Å². The van der Waals surface area contributed by atoms with E-state index in [1.165, 1.54) is 0 Å². The monoisotopic (exact) mass is 480 g/mol. The second-order valence-corrected chi connectivity index (χ2v) is 10.2. The third kappa shape index (κ3) is 6.25. The number of rotatable bonds is 10. The standard InChI is InChI=1S/C30H44N2O3/c1-11-23-15-13-17-25(27(23)29(33)31(19(3)4)20(5)6)35-26-18-14-16-24(12-2)28(26)30(34)32(21(7)8)22(9)10/h13-22H,11-12H2,1-10H3. The lowest BCUT2D eigenvalue weighted by Gasteiger charge is -2.33. The topological polar surface area (TPSA) is 49.9 Å². The van der Waals surface area contributed by atoms with Crippen molar-refractivity contribution in [2.45, 2.75) is 106 Å². The van der Waals surface area contributed by atoms with Gasteiger partial charge in [0.15, 0.2) is 0 Å². The van der Waals surface area contributed by atoms with E-state index in [-0.39, 0.29) is 36.0 Å². The molecule has 0 fully saturated rings. The SMILES string of the molecule is CCc1cccc(Oc2cccc(CC)c2C(=O)N(C(C)C)C(C)C)c1C(=O)N(C(C)C)C(C)C. The van der Waals surface area contributed by atoms with Crippen LogP contribution < -0.4 is 4.74 Å². The van der Waals surface area contributed by atoms with Crippen LogP contribution in [0.4, 0.5) is 0 Å². The Kier molecular flexibility index (Phi) is 9.93. The molecule has 0 spiro atoms. The molecule has 35 heavy (non-hydrogen) atoms. The van der Waals surface area contributed by atoms with E-state index >= 15 is 0 Å². The van der Waals surface area contributed by atoms with Crippen molar-refractivity contribution < 1.29 is 14.3 Å². The Morgan fingerprint density at radius 2 is 0.943 bits per heavy atom. The number of aryl methyl sites for hydroxylation is 2. The molecule has 0 N–H and O–H groups in total. The van der Waals surface area contributed by atoms with Gasteiger partial charge in [-0.1, -0.05) is 38.1 Å². The van der Waals surface area contributed by atoms with Crippen LogP contribution in [0, 0.1) is 0 Å². The lowest BCUT2D eigenvalue weighted by atomic mass is 10.00. The molecule has 2 amide bonds. The second-order valence-electron chi connectivity index (χ2n) is 10.2.